The van der Waals surface area contributed by atoms with E-state index < -0.39 is 0 Å². The fraction of sp³-hybridized carbons (Fsp3) is 0.0556. The van der Waals surface area contributed by atoms with Gasteiger partial charge < -0.3 is 0 Å². The van der Waals surface area contributed by atoms with E-state index in [2.05, 4.69) is 31.1 Å². The molecule has 1 N–H and O–H groups in total. The third kappa shape index (κ3) is 3.42. The van der Waals surface area contributed by atoms with Gasteiger partial charge in [-0.3, -0.25) is 14.5 Å². The van der Waals surface area contributed by atoms with Gasteiger partial charge in [-0.15, -0.1) is 0 Å². The summed E-state index contributed by atoms with van der Waals surface area (Å²) in [4.78, 5) is 17.6. The van der Waals surface area contributed by atoms with E-state index >= 15 is 0 Å². The Bertz CT molecular complexity index is 1140. The molecule has 5 nitrogen and oxygen atoms in total. The van der Waals surface area contributed by atoms with Crippen molar-refractivity contribution in [2.24, 2.45) is 0 Å². The fourth-order valence-electron chi connectivity index (χ4n) is 2.56. The van der Waals surface area contributed by atoms with Crippen molar-refractivity contribution in [3.05, 3.63) is 80.1 Å². The predicted molar refractivity (Wildman–Crippen MR) is 108 cm³/mol. The van der Waals surface area contributed by atoms with Crippen LogP contribution < -0.4 is 5.56 Å². The van der Waals surface area contributed by atoms with Crippen molar-refractivity contribution < 1.29 is 0 Å². The van der Waals surface area contributed by atoms with Gasteiger partial charge in [0.15, 0.2) is 10.8 Å². The molecule has 0 saturated carbocycles. The van der Waals surface area contributed by atoms with E-state index in [1.54, 1.807) is 28.8 Å². The van der Waals surface area contributed by atoms with E-state index in [1.165, 1.54) is 18.0 Å². The lowest BCUT2D eigenvalue weighted by atomic mass is 10.2. The highest BCUT2D eigenvalue weighted by atomic mass is 79.9. The van der Waals surface area contributed by atoms with Crippen LogP contribution in [0.3, 0.4) is 0 Å². The first kappa shape index (κ1) is 17.3. The highest BCUT2D eigenvalue weighted by Crippen LogP contribution is 2.25. The average molecular weight is 448 g/mol. The molecule has 0 bridgehead atoms. The van der Waals surface area contributed by atoms with Gasteiger partial charge in [0, 0.05) is 15.2 Å². The first-order valence-electron chi connectivity index (χ1n) is 7.71. The molecule has 26 heavy (non-hydrogen) atoms. The van der Waals surface area contributed by atoms with Gasteiger partial charge >= 0.3 is 0 Å². The van der Waals surface area contributed by atoms with Crippen molar-refractivity contribution in [3.63, 3.8) is 0 Å². The molecule has 0 spiro atoms. The summed E-state index contributed by atoms with van der Waals surface area (Å²) in [6, 6.07) is 15.2. The van der Waals surface area contributed by atoms with Gasteiger partial charge in [0.25, 0.3) is 5.56 Å². The van der Waals surface area contributed by atoms with Crippen LogP contribution >= 0.6 is 39.3 Å². The summed E-state index contributed by atoms with van der Waals surface area (Å²) in [6.07, 6.45) is 1.50. The van der Waals surface area contributed by atoms with Crippen LogP contribution in [0.1, 0.15) is 5.56 Å². The zero-order chi connectivity index (χ0) is 18.1. The molecule has 0 aliphatic rings. The number of aromatic nitrogens is 4. The van der Waals surface area contributed by atoms with Crippen LogP contribution in [-0.4, -0.2) is 19.7 Å². The van der Waals surface area contributed by atoms with Crippen LogP contribution in [0.5, 0.6) is 0 Å². The Morgan fingerprint density at radius 1 is 1.19 bits per heavy atom. The normalized spacial score (nSPS) is 11.2. The number of thioether (sulfide) groups is 1. The molecule has 0 fully saturated rings. The minimum Gasteiger partial charge on any atom is -0.268 e. The van der Waals surface area contributed by atoms with Crippen molar-refractivity contribution in [2.45, 2.75) is 10.9 Å². The third-order valence-electron chi connectivity index (χ3n) is 3.79. The van der Waals surface area contributed by atoms with E-state index in [-0.39, 0.29) is 5.56 Å². The predicted octanol–water partition coefficient (Wildman–Crippen LogP) is 4.82. The lowest BCUT2D eigenvalue weighted by molar-refractivity contribution is 0.816. The summed E-state index contributed by atoms with van der Waals surface area (Å²) in [7, 11) is 0. The Balaban J connectivity index is 1.80. The van der Waals surface area contributed by atoms with Crippen molar-refractivity contribution in [3.8, 4) is 5.69 Å². The summed E-state index contributed by atoms with van der Waals surface area (Å²) < 4.78 is 2.61. The minimum atomic E-state index is -0.164. The fourth-order valence-corrected chi connectivity index (χ4v) is 4.08. The maximum Gasteiger partial charge on any atom is 0.269 e. The van der Waals surface area contributed by atoms with Gasteiger partial charge in [0.1, 0.15) is 5.39 Å². The largest absolute Gasteiger partial charge is 0.269 e. The molecule has 0 unspecified atom stereocenters. The first-order chi connectivity index (χ1) is 12.6. The number of benzene rings is 2. The van der Waals surface area contributed by atoms with Crippen LogP contribution in [-0.2, 0) is 5.75 Å². The molecule has 4 rings (SSSR count). The standard InChI is InChI=1S/C18H12BrClN4OS/c19-12-3-1-2-11(8-12)10-26-18-22-16-15(9-21-23-16)17(25)24(18)14-6-4-13(20)5-7-14/h1-9H,10H2,(H,21,23). The molecule has 0 saturated heterocycles. The summed E-state index contributed by atoms with van der Waals surface area (Å²) in [6.45, 7) is 0. The van der Waals surface area contributed by atoms with Gasteiger partial charge in [-0.2, -0.15) is 5.10 Å². The van der Waals surface area contributed by atoms with Gasteiger partial charge in [-0.05, 0) is 42.0 Å². The van der Waals surface area contributed by atoms with Crippen molar-refractivity contribution in [2.75, 3.05) is 0 Å². The van der Waals surface area contributed by atoms with E-state index in [9.17, 15) is 4.79 Å². The van der Waals surface area contributed by atoms with Crippen molar-refractivity contribution in [1.29, 1.82) is 0 Å². The summed E-state index contributed by atoms with van der Waals surface area (Å²) >= 11 is 11.0. The molecule has 0 aliphatic heterocycles. The highest BCUT2D eigenvalue weighted by Gasteiger charge is 2.15. The van der Waals surface area contributed by atoms with Gasteiger partial charge in [-0.1, -0.05) is 51.4 Å². The van der Waals surface area contributed by atoms with Gasteiger partial charge in [-0.25, -0.2) is 4.98 Å². The second kappa shape index (κ2) is 7.26. The second-order valence-electron chi connectivity index (χ2n) is 5.56. The Kier molecular flexibility index (Phi) is 4.84. The minimum absolute atomic E-state index is 0.164. The highest BCUT2D eigenvalue weighted by molar-refractivity contribution is 9.10. The maximum atomic E-state index is 13.0. The summed E-state index contributed by atoms with van der Waals surface area (Å²) in [5.41, 5.74) is 2.16. The molecule has 4 aromatic rings. The number of hydrogen-bond acceptors (Lipinski definition) is 4. The smallest absolute Gasteiger partial charge is 0.268 e. The Hall–Kier alpha value is -2.09. The molecule has 2 heterocycles. The summed E-state index contributed by atoms with van der Waals surface area (Å²) in [5, 5.41) is 8.38. The SMILES string of the molecule is O=c1c2cn[nH]c2nc(SCc2cccc(Br)c2)n1-c1ccc(Cl)cc1. The molecular formula is C18H12BrClN4OS. The number of H-pyrrole nitrogens is 1. The number of rotatable bonds is 4. The van der Waals surface area contributed by atoms with E-state index in [1.807, 2.05) is 24.3 Å². The first-order valence-corrected chi connectivity index (χ1v) is 9.87. The average Bonchev–Trinajstić information content (AvgIpc) is 3.10. The van der Waals surface area contributed by atoms with Crippen LogP contribution in [0.2, 0.25) is 5.02 Å². The molecule has 0 aliphatic carbocycles. The molecule has 2 aromatic heterocycles. The third-order valence-corrected chi connectivity index (χ3v) is 5.55. The molecule has 8 heteroatoms. The quantitative estimate of drug-likeness (QED) is 0.360. The molecule has 0 atom stereocenters. The molecule has 130 valence electrons. The molecule has 0 radical (unpaired) electrons. The zero-order valence-corrected chi connectivity index (χ0v) is 16.5. The number of halogens is 2. The monoisotopic (exact) mass is 446 g/mol. The number of fused-ring (bicyclic) bond motifs is 1. The second-order valence-corrected chi connectivity index (χ2v) is 7.86. The molecule has 2 aromatic carbocycles. The Labute approximate surface area is 166 Å². The van der Waals surface area contributed by atoms with Crippen molar-refractivity contribution >= 4 is 50.3 Å². The number of nitrogens with one attached hydrogen (secondary N) is 1. The van der Waals surface area contributed by atoms with Crippen LogP contribution in [0.4, 0.5) is 0 Å². The van der Waals surface area contributed by atoms with Crippen LogP contribution in [0, 0.1) is 0 Å². The zero-order valence-electron chi connectivity index (χ0n) is 13.3. The lowest BCUT2D eigenvalue weighted by Gasteiger charge is -2.12. The Morgan fingerprint density at radius 2 is 2.00 bits per heavy atom. The van der Waals surface area contributed by atoms with E-state index in [0.717, 1.165) is 10.0 Å². The molecular weight excluding hydrogens is 436 g/mol. The number of aromatic amines is 1. The number of nitrogens with zero attached hydrogens (tertiary/aromatic N) is 3. The van der Waals surface area contributed by atoms with Crippen LogP contribution in [0.15, 0.2) is 69.2 Å². The Morgan fingerprint density at radius 3 is 2.77 bits per heavy atom. The van der Waals surface area contributed by atoms with Crippen LogP contribution in [0.25, 0.3) is 16.7 Å². The van der Waals surface area contributed by atoms with Gasteiger partial charge in [0.2, 0.25) is 0 Å². The van der Waals surface area contributed by atoms with Gasteiger partial charge in [0.05, 0.1) is 11.9 Å². The maximum absolute atomic E-state index is 13.0. The summed E-state index contributed by atoms with van der Waals surface area (Å²) in [5.74, 6) is 0.680. The molecule has 0 amide bonds. The number of hydrogen-bond donors (Lipinski definition) is 1. The topological polar surface area (TPSA) is 63.6 Å². The van der Waals surface area contributed by atoms with E-state index in [4.69, 9.17) is 11.6 Å². The van der Waals surface area contributed by atoms with E-state index in [0.29, 0.717) is 32.7 Å². The lowest BCUT2D eigenvalue weighted by Crippen LogP contribution is -2.21. The van der Waals surface area contributed by atoms with Crippen molar-refractivity contribution in [1.82, 2.24) is 19.7 Å².